The third-order valence-electron chi connectivity index (χ3n) is 6.74. The first kappa shape index (κ1) is 32.8. The van der Waals surface area contributed by atoms with Crippen molar-refractivity contribution < 1.29 is 9.59 Å². The van der Waals surface area contributed by atoms with Crippen LogP contribution in [0, 0.1) is 0 Å². The van der Waals surface area contributed by atoms with Crippen molar-refractivity contribution in [2.45, 2.75) is 72.0 Å². The van der Waals surface area contributed by atoms with Crippen molar-refractivity contribution in [2.24, 2.45) is 0 Å². The Morgan fingerprint density at radius 1 is 0.512 bits per heavy atom. The van der Waals surface area contributed by atoms with Gasteiger partial charge >= 0.3 is 0 Å². The van der Waals surface area contributed by atoms with E-state index < -0.39 is 0 Å². The molecule has 0 aliphatic heterocycles. The van der Waals surface area contributed by atoms with Crippen LogP contribution in [-0.2, 0) is 22.4 Å². The highest BCUT2D eigenvalue weighted by Crippen LogP contribution is 2.31. The minimum Gasteiger partial charge on any atom is -0.325 e. The smallest absolute Gasteiger partial charge is 0.234 e. The summed E-state index contributed by atoms with van der Waals surface area (Å²) in [5.74, 6) is 0.729. The van der Waals surface area contributed by atoms with Gasteiger partial charge in [-0.3, -0.25) is 9.59 Å². The molecule has 0 spiro atoms. The van der Waals surface area contributed by atoms with Crippen molar-refractivity contribution in [1.82, 2.24) is 0 Å². The third kappa shape index (κ3) is 11.8. The second kappa shape index (κ2) is 17.9. The Kier molecular flexibility index (Phi) is 13.6. The third-order valence-corrected chi connectivity index (χ3v) is 9.78. The first-order valence-electron chi connectivity index (χ1n) is 14.9. The van der Waals surface area contributed by atoms with Crippen LogP contribution in [-0.4, -0.2) is 23.3 Å². The Labute approximate surface area is 269 Å². The first-order valence-corrected chi connectivity index (χ1v) is 17.7. The van der Waals surface area contributed by atoms with E-state index in [4.69, 9.17) is 0 Å². The van der Waals surface area contributed by atoms with E-state index in [-0.39, 0.29) is 11.8 Å². The molecule has 0 fully saturated rings. The summed E-state index contributed by atoms with van der Waals surface area (Å²) in [5, 5.41) is 5.98. The predicted molar refractivity (Wildman–Crippen MR) is 186 cm³/mol. The van der Waals surface area contributed by atoms with Gasteiger partial charge in [0.15, 0.2) is 0 Å². The lowest BCUT2D eigenvalue weighted by atomic mass is 10.1. The number of rotatable bonds is 16. The van der Waals surface area contributed by atoms with Crippen LogP contribution in [0.3, 0.4) is 0 Å². The Morgan fingerprint density at radius 2 is 0.860 bits per heavy atom. The van der Waals surface area contributed by atoms with Crippen LogP contribution >= 0.6 is 35.3 Å². The van der Waals surface area contributed by atoms with E-state index in [0.717, 1.165) is 43.8 Å². The maximum atomic E-state index is 12.4. The van der Waals surface area contributed by atoms with Crippen LogP contribution in [0.5, 0.6) is 0 Å². The zero-order valence-electron chi connectivity index (χ0n) is 24.9. The van der Waals surface area contributed by atoms with E-state index in [2.05, 4.69) is 97.3 Å². The molecule has 2 amide bonds. The van der Waals surface area contributed by atoms with E-state index >= 15 is 0 Å². The summed E-state index contributed by atoms with van der Waals surface area (Å²) in [7, 11) is 0. The van der Waals surface area contributed by atoms with Crippen molar-refractivity contribution in [3.8, 4) is 0 Å². The summed E-state index contributed by atoms with van der Waals surface area (Å²) < 4.78 is 0. The lowest BCUT2D eigenvalue weighted by molar-refractivity contribution is -0.114. The molecule has 0 aromatic heterocycles. The van der Waals surface area contributed by atoms with E-state index in [1.807, 2.05) is 24.3 Å². The van der Waals surface area contributed by atoms with Gasteiger partial charge in [0, 0.05) is 31.0 Å². The van der Waals surface area contributed by atoms with Gasteiger partial charge in [0.2, 0.25) is 11.8 Å². The van der Waals surface area contributed by atoms with Gasteiger partial charge in [0.25, 0.3) is 0 Å². The molecule has 0 saturated carbocycles. The van der Waals surface area contributed by atoms with E-state index in [1.165, 1.54) is 60.3 Å². The molecular formula is C36H40N2O2S3. The highest BCUT2D eigenvalue weighted by molar-refractivity contribution is 8.00. The molecule has 0 bridgehead atoms. The Morgan fingerprint density at radius 3 is 1.21 bits per heavy atom. The number of thioether (sulfide) groups is 2. The molecule has 4 aromatic rings. The molecule has 4 aromatic carbocycles. The fraction of sp³-hybridized carbons (Fsp3) is 0.278. The van der Waals surface area contributed by atoms with E-state index in [9.17, 15) is 9.59 Å². The first-order chi connectivity index (χ1) is 21.0. The molecule has 0 radical (unpaired) electrons. The van der Waals surface area contributed by atoms with Crippen molar-refractivity contribution >= 4 is 58.5 Å². The van der Waals surface area contributed by atoms with E-state index in [0.29, 0.717) is 11.5 Å². The molecule has 0 aliphatic rings. The van der Waals surface area contributed by atoms with Crippen molar-refractivity contribution in [2.75, 3.05) is 22.1 Å². The van der Waals surface area contributed by atoms with Gasteiger partial charge in [0.1, 0.15) is 0 Å². The summed E-state index contributed by atoms with van der Waals surface area (Å²) in [6, 6.07) is 32.9. The van der Waals surface area contributed by atoms with Gasteiger partial charge in [0.05, 0.1) is 11.5 Å². The highest BCUT2D eigenvalue weighted by Gasteiger charge is 2.07. The molecule has 0 aliphatic carbocycles. The number of carbonyl (C=O) groups excluding carboxylic acids is 2. The lowest BCUT2D eigenvalue weighted by Crippen LogP contribution is -2.13. The van der Waals surface area contributed by atoms with Crippen LogP contribution in [0.25, 0.3) is 0 Å². The molecule has 4 rings (SSSR count). The number of carbonyl (C=O) groups is 2. The SMILES string of the molecule is CCCCc1ccc(NC(=O)CSc2ccc(Sc3ccc(SCC(=O)Nc4ccc(CCCC)cc4)cc3)cc2)cc1. The number of unbranched alkanes of at least 4 members (excludes halogenated alkanes) is 2. The summed E-state index contributed by atoms with van der Waals surface area (Å²) in [6.45, 7) is 4.39. The molecule has 0 saturated heterocycles. The number of hydrogen-bond donors (Lipinski definition) is 2. The largest absolute Gasteiger partial charge is 0.325 e. The van der Waals surface area contributed by atoms with Crippen LogP contribution in [0.1, 0.15) is 50.7 Å². The lowest BCUT2D eigenvalue weighted by Gasteiger charge is -2.08. The molecule has 0 atom stereocenters. The maximum Gasteiger partial charge on any atom is 0.234 e. The fourth-order valence-electron chi connectivity index (χ4n) is 4.31. The Hall–Kier alpha value is -3.13. The number of nitrogens with one attached hydrogen (secondary N) is 2. The average molecular weight is 629 g/mol. The van der Waals surface area contributed by atoms with Crippen molar-refractivity contribution in [1.29, 1.82) is 0 Å². The van der Waals surface area contributed by atoms with Gasteiger partial charge in [-0.2, -0.15) is 0 Å². The minimum atomic E-state index is -0.00309. The van der Waals surface area contributed by atoms with Crippen LogP contribution in [0.2, 0.25) is 0 Å². The zero-order chi connectivity index (χ0) is 30.3. The monoisotopic (exact) mass is 628 g/mol. The van der Waals surface area contributed by atoms with Crippen LogP contribution < -0.4 is 10.6 Å². The molecule has 4 nitrogen and oxygen atoms in total. The van der Waals surface area contributed by atoms with Gasteiger partial charge in [-0.25, -0.2) is 0 Å². The Bertz CT molecular complexity index is 1310. The number of anilines is 2. The number of amides is 2. The molecular weight excluding hydrogens is 589 g/mol. The average Bonchev–Trinajstić information content (AvgIpc) is 3.03. The second-order valence-corrected chi connectivity index (χ2v) is 13.6. The second-order valence-electron chi connectivity index (χ2n) is 10.3. The van der Waals surface area contributed by atoms with Gasteiger partial charge in [-0.15, -0.1) is 23.5 Å². The van der Waals surface area contributed by atoms with E-state index in [1.54, 1.807) is 11.8 Å². The highest BCUT2D eigenvalue weighted by atomic mass is 32.2. The van der Waals surface area contributed by atoms with Crippen LogP contribution in [0.15, 0.2) is 117 Å². The predicted octanol–water partition coefficient (Wildman–Crippen LogP) is 9.98. The standard InChI is InChI=1S/C36H40N2O2S3/c1-3-5-7-27-9-13-29(14-10-27)37-35(39)25-41-31-17-21-33(22-18-31)43-34-23-19-32(20-24-34)42-26-36(40)38-30-15-11-28(12-16-30)8-6-4-2/h9-24H,3-8,25-26H2,1-2H3,(H,37,39)(H,38,40). The van der Waals surface area contributed by atoms with Crippen LogP contribution in [0.4, 0.5) is 11.4 Å². The minimum absolute atomic E-state index is 0.00309. The summed E-state index contributed by atoms with van der Waals surface area (Å²) in [6.07, 6.45) is 6.88. The molecule has 7 heteroatoms. The molecule has 0 heterocycles. The Balaban J connectivity index is 1.16. The molecule has 2 N–H and O–H groups in total. The number of aryl methyl sites for hydroxylation is 2. The maximum absolute atomic E-state index is 12.4. The quantitative estimate of drug-likeness (QED) is 0.121. The zero-order valence-corrected chi connectivity index (χ0v) is 27.4. The number of benzene rings is 4. The fourth-order valence-corrected chi connectivity index (χ4v) is 6.52. The summed E-state index contributed by atoms with van der Waals surface area (Å²) >= 11 is 4.76. The molecule has 224 valence electrons. The topological polar surface area (TPSA) is 58.2 Å². The normalized spacial score (nSPS) is 10.8. The van der Waals surface area contributed by atoms with Crippen molar-refractivity contribution in [3.05, 3.63) is 108 Å². The van der Waals surface area contributed by atoms with Crippen molar-refractivity contribution in [3.63, 3.8) is 0 Å². The van der Waals surface area contributed by atoms with Gasteiger partial charge in [-0.05, 0) is 110 Å². The summed E-state index contributed by atoms with van der Waals surface area (Å²) in [4.78, 5) is 29.2. The summed E-state index contributed by atoms with van der Waals surface area (Å²) in [5.41, 5.74) is 4.30. The molecule has 43 heavy (non-hydrogen) atoms. The van der Waals surface area contributed by atoms with Gasteiger partial charge in [-0.1, -0.05) is 62.7 Å². The number of hydrogen-bond acceptors (Lipinski definition) is 5. The van der Waals surface area contributed by atoms with Gasteiger partial charge < -0.3 is 10.6 Å². The molecule has 0 unspecified atom stereocenters.